The first-order valence-corrected chi connectivity index (χ1v) is 6.35. The van der Waals surface area contributed by atoms with E-state index in [2.05, 4.69) is 10.3 Å². The first-order valence-electron chi connectivity index (χ1n) is 5.53. The number of nitrogens with two attached hydrogens (primary N) is 1. The predicted molar refractivity (Wildman–Crippen MR) is 74.3 cm³/mol. The lowest BCUT2D eigenvalue weighted by molar-refractivity contribution is -0.427. The molecular weight excluding hydrogens is 264 g/mol. The van der Waals surface area contributed by atoms with E-state index in [1.165, 1.54) is 18.4 Å². The van der Waals surface area contributed by atoms with E-state index in [0.717, 1.165) is 9.77 Å². The standard InChI is InChI=1S/C12H12N4O2S/c1-7-14-10(11(13)17)12(19-7)15-8-5-3-4-6-9(8)16(2)18/h3-6H,1-2H3,(H2-,13,15,17,18)/p+1. The van der Waals surface area contributed by atoms with Crippen molar-refractivity contribution in [1.82, 2.24) is 4.98 Å². The summed E-state index contributed by atoms with van der Waals surface area (Å²) in [6.07, 6.45) is 0. The fraction of sp³-hybridized carbons (Fsp3) is 0.167. The minimum Gasteiger partial charge on any atom is -0.364 e. The Kier molecular flexibility index (Phi) is 3.57. The van der Waals surface area contributed by atoms with E-state index < -0.39 is 5.91 Å². The van der Waals surface area contributed by atoms with Gasteiger partial charge in [0.1, 0.15) is 10.7 Å². The molecule has 2 aromatic rings. The number of aryl methyl sites for hydroxylation is 1. The van der Waals surface area contributed by atoms with E-state index in [-0.39, 0.29) is 5.69 Å². The second-order valence-electron chi connectivity index (χ2n) is 3.91. The van der Waals surface area contributed by atoms with Crippen LogP contribution in [-0.2, 0) is 0 Å². The maximum atomic E-state index is 11.5. The van der Waals surface area contributed by atoms with Gasteiger partial charge in [0.2, 0.25) is 0 Å². The molecule has 2 rings (SSSR count). The fourth-order valence-corrected chi connectivity index (χ4v) is 2.49. The van der Waals surface area contributed by atoms with Crippen LogP contribution in [0.15, 0.2) is 24.3 Å². The highest BCUT2D eigenvalue weighted by atomic mass is 32.1. The highest BCUT2D eigenvalue weighted by molar-refractivity contribution is 7.16. The molecular formula is C12H13N4O2S+. The molecule has 0 fully saturated rings. The Balaban J connectivity index is 2.42. The van der Waals surface area contributed by atoms with Crippen molar-refractivity contribution in [3.63, 3.8) is 0 Å². The van der Waals surface area contributed by atoms with Crippen molar-refractivity contribution in [3.05, 3.63) is 39.9 Å². The molecule has 1 amide bonds. The molecule has 0 atom stereocenters. The number of anilines is 2. The zero-order chi connectivity index (χ0) is 14.0. The van der Waals surface area contributed by atoms with Gasteiger partial charge in [0.15, 0.2) is 12.7 Å². The number of hydrogen-bond donors (Lipinski definition) is 2. The Labute approximate surface area is 113 Å². The molecule has 3 N–H and O–H groups in total. The molecule has 0 radical (unpaired) electrons. The number of carbonyl (C=O) groups excluding carboxylic acids is 1. The van der Waals surface area contributed by atoms with Gasteiger partial charge in [-0.05, 0) is 13.0 Å². The Bertz CT molecular complexity index is 651. The highest BCUT2D eigenvalue weighted by Crippen LogP contribution is 2.31. The maximum Gasteiger partial charge on any atom is 0.278 e. The van der Waals surface area contributed by atoms with Gasteiger partial charge in [-0.2, -0.15) is 0 Å². The molecule has 0 spiro atoms. The minimum absolute atomic E-state index is 0.186. The van der Waals surface area contributed by atoms with E-state index >= 15 is 0 Å². The summed E-state index contributed by atoms with van der Waals surface area (Å²) in [6, 6.07) is 7.01. The van der Waals surface area contributed by atoms with Crippen molar-refractivity contribution >= 4 is 33.6 Å². The highest BCUT2D eigenvalue weighted by Gasteiger charge is 2.18. The molecule has 0 saturated carbocycles. The minimum atomic E-state index is -0.597. The van der Waals surface area contributed by atoms with E-state index in [1.54, 1.807) is 31.2 Å². The van der Waals surface area contributed by atoms with Gasteiger partial charge in [0.25, 0.3) is 11.6 Å². The predicted octanol–water partition coefficient (Wildman–Crippen LogP) is 2.33. The molecule has 0 saturated heterocycles. The van der Waals surface area contributed by atoms with Gasteiger partial charge in [-0.3, -0.25) is 4.79 Å². The molecule has 0 unspecified atom stereocenters. The summed E-state index contributed by atoms with van der Waals surface area (Å²) in [5.41, 5.74) is 6.54. The Morgan fingerprint density at radius 3 is 2.74 bits per heavy atom. The van der Waals surface area contributed by atoms with E-state index in [1.807, 2.05) is 0 Å². The third kappa shape index (κ3) is 2.76. The van der Waals surface area contributed by atoms with Gasteiger partial charge in [-0.25, -0.2) is 4.98 Å². The summed E-state index contributed by atoms with van der Waals surface area (Å²) in [5, 5.41) is 4.31. The van der Waals surface area contributed by atoms with Crippen LogP contribution in [0.2, 0.25) is 0 Å². The summed E-state index contributed by atoms with van der Waals surface area (Å²) >= 11 is 1.31. The van der Waals surface area contributed by atoms with Gasteiger partial charge in [0.05, 0.1) is 5.01 Å². The average molecular weight is 277 g/mol. The largest absolute Gasteiger partial charge is 0.364 e. The second-order valence-corrected chi connectivity index (χ2v) is 5.12. The van der Waals surface area contributed by atoms with E-state index in [4.69, 9.17) is 5.73 Å². The zero-order valence-corrected chi connectivity index (χ0v) is 11.3. The number of nitrogens with zero attached hydrogens (tertiary/aromatic N) is 2. The fourth-order valence-electron chi connectivity index (χ4n) is 1.66. The first-order chi connectivity index (χ1) is 8.99. The number of nitrogens with one attached hydrogen (secondary N) is 1. The van der Waals surface area contributed by atoms with Crippen LogP contribution in [-0.4, -0.2) is 22.7 Å². The quantitative estimate of drug-likeness (QED) is 0.839. The maximum absolute atomic E-state index is 11.5. The summed E-state index contributed by atoms with van der Waals surface area (Å²) in [4.78, 5) is 26.8. The smallest absolute Gasteiger partial charge is 0.278 e. The number of rotatable bonds is 4. The molecule has 0 aliphatic rings. The molecule has 0 bridgehead atoms. The number of primary amides is 1. The van der Waals surface area contributed by atoms with Crippen LogP contribution >= 0.6 is 11.3 Å². The van der Waals surface area contributed by atoms with Gasteiger partial charge >= 0.3 is 0 Å². The Morgan fingerprint density at radius 1 is 1.42 bits per heavy atom. The second kappa shape index (κ2) is 5.15. The van der Waals surface area contributed by atoms with Gasteiger partial charge in [0, 0.05) is 15.7 Å². The Morgan fingerprint density at radius 2 is 2.11 bits per heavy atom. The SMILES string of the molecule is Cc1nc(C(N)=O)c(Nc2ccccc2[N+](C)=O)s1. The molecule has 6 nitrogen and oxygen atoms in total. The van der Waals surface area contributed by atoms with Crippen LogP contribution in [0.5, 0.6) is 0 Å². The summed E-state index contributed by atoms with van der Waals surface area (Å²) in [6.45, 7) is 1.79. The molecule has 1 aromatic heterocycles. The number of aromatic nitrogens is 1. The summed E-state index contributed by atoms with van der Waals surface area (Å²) < 4.78 is 0.750. The first kappa shape index (κ1) is 13.2. The van der Waals surface area contributed by atoms with Gasteiger partial charge in [-0.15, -0.1) is 11.3 Å². The van der Waals surface area contributed by atoms with Crippen molar-refractivity contribution in [2.75, 3.05) is 12.4 Å². The summed E-state index contributed by atoms with van der Waals surface area (Å²) in [5.74, 6) is -0.597. The number of carbonyl (C=O) groups is 1. The van der Waals surface area contributed by atoms with E-state index in [0.29, 0.717) is 16.4 Å². The van der Waals surface area contributed by atoms with Gasteiger partial charge < -0.3 is 11.1 Å². The zero-order valence-electron chi connectivity index (χ0n) is 10.5. The van der Waals surface area contributed by atoms with Crippen LogP contribution in [0.25, 0.3) is 0 Å². The molecule has 19 heavy (non-hydrogen) atoms. The molecule has 1 heterocycles. The molecule has 0 aliphatic carbocycles. The Hall–Kier alpha value is -2.28. The number of benzene rings is 1. The van der Waals surface area contributed by atoms with Crippen molar-refractivity contribution < 1.29 is 9.55 Å². The monoisotopic (exact) mass is 277 g/mol. The number of hydrogen-bond acceptors (Lipinski definition) is 5. The van der Waals surface area contributed by atoms with Crippen LogP contribution in [0.3, 0.4) is 0 Å². The van der Waals surface area contributed by atoms with Crippen molar-refractivity contribution in [1.29, 1.82) is 0 Å². The van der Waals surface area contributed by atoms with Crippen molar-refractivity contribution in [2.24, 2.45) is 5.73 Å². The number of para-hydroxylation sites is 2. The molecule has 0 aliphatic heterocycles. The number of amides is 1. The molecule has 1 aromatic carbocycles. The lowest BCUT2D eigenvalue weighted by atomic mass is 10.2. The van der Waals surface area contributed by atoms with Gasteiger partial charge in [-0.1, -0.05) is 12.1 Å². The third-order valence-corrected chi connectivity index (χ3v) is 3.35. The average Bonchev–Trinajstić information content (AvgIpc) is 2.71. The third-order valence-electron chi connectivity index (χ3n) is 2.46. The molecule has 7 heteroatoms. The lowest BCUT2D eigenvalue weighted by Gasteiger charge is -2.04. The topological polar surface area (TPSA) is 88.1 Å². The van der Waals surface area contributed by atoms with Crippen LogP contribution < -0.4 is 11.1 Å². The number of nitroso groups, excluding NO2 is 1. The van der Waals surface area contributed by atoms with E-state index in [9.17, 15) is 9.70 Å². The molecule has 98 valence electrons. The lowest BCUT2D eigenvalue weighted by Crippen LogP contribution is -2.13. The normalized spacial score (nSPS) is 10.2. The van der Waals surface area contributed by atoms with Crippen LogP contribution in [0, 0.1) is 11.8 Å². The van der Waals surface area contributed by atoms with Crippen molar-refractivity contribution in [2.45, 2.75) is 6.92 Å². The van der Waals surface area contributed by atoms with Crippen LogP contribution in [0.1, 0.15) is 15.5 Å². The summed E-state index contributed by atoms with van der Waals surface area (Å²) in [7, 11) is 1.41. The van der Waals surface area contributed by atoms with Crippen molar-refractivity contribution in [3.8, 4) is 0 Å². The number of thiazole rings is 1. The van der Waals surface area contributed by atoms with Crippen LogP contribution in [0.4, 0.5) is 16.4 Å².